The molecule has 4 rings (SSSR count). The highest BCUT2D eigenvalue weighted by atomic mass is 32.2. The number of aromatic nitrogens is 4. The molecule has 1 unspecified atom stereocenters. The summed E-state index contributed by atoms with van der Waals surface area (Å²) < 4.78 is 11.7. The van der Waals surface area contributed by atoms with Crippen molar-refractivity contribution < 1.29 is 33.8 Å². The molecule has 0 spiro atoms. The molecule has 30 heavy (non-hydrogen) atoms. The number of rotatable bonds is 6. The number of nitrogens with two attached hydrogens (primary N) is 1. The number of likely N-dealkylation sites (N-methyl/N-ethyl adjacent to an activating group) is 1. The number of nitrogens with one attached hydrogen (secondary N) is 1. The maximum atomic E-state index is 12.3. The summed E-state index contributed by atoms with van der Waals surface area (Å²) in [5.41, 5.74) is 5.53. The second kappa shape index (κ2) is 7.54. The van der Waals surface area contributed by atoms with Crippen molar-refractivity contribution in [3.05, 3.63) is 11.5 Å². The van der Waals surface area contributed by atoms with Gasteiger partial charge in [-0.15, -0.1) is 5.10 Å². The Morgan fingerprint density at radius 1 is 1.47 bits per heavy atom. The molecule has 3 aliphatic rings. The number of carbonyl (C=O) groups excluding carboxylic acids is 3. The molecule has 0 saturated carbocycles. The second-order valence-electron chi connectivity index (χ2n) is 6.51. The number of carbonyl (C=O) groups is 4. The zero-order valence-corrected chi connectivity index (χ0v) is 16.2. The van der Waals surface area contributed by atoms with Crippen molar-refractivity contribution >= 4 is 35.8 Å². The maximum Gasteiger partial charge on any atom is 0.512 e. The predicted molar refractivity (Wildman–Crippen MR) is 94.3 cm³/mol. The lowest BCUT2D eigenvalue weighted by Gasteiger charge is -2.47. The largest absolute Gasteiger partial charge is 0.512 e. The highest BCUT2D eigenvalue weighted by molar-refractivity contribution is 7.99. The molecule has 0 aliphatic carbocycles. The van der Waals surface area contributed by atoms with Crippen LogP contribution in [0.25, 0.3) is 0 Å². The molecule has 1 aromatic heterocycles. The molecule has 2 fully saturated rings. The van der Waals surface area contributed by atoms with Gasteiger partial charge < -0.3 is 20.3 Å². The van der Waals surface area contributed by atoms with Crippen molar-refractivity contribution in [3.63, 3.8) is 0 Å². The average Bonchev–Trinajstić information content (AvgIpc) is 3.25. The SMILES string of the molecule is CN(C(N)=O)C(=O)Cn1nnnc1SCC1=C(OC(=O)O)N2C(=O)[C@H]3NCOC1[C@H]32. The highest BCUT2D eigenvalue weighted by Gasteiger charge is 2.62. The number of amides is 4. The Morgan fingerprint density at radius 3 is 2.93 bits per heavy atom. The first-order valence-electron chi connectivity index (χ1n) is 8.56. The number of primary amides is 1. The quantitative estimate of drug-likeness (QED) is 0.244. The zero-order valence-electron chi connectivity index (χ0n) is 15.4. The van der Waals surface area contributed by atoms with Crippen LogP contribution in [0.15, 0.2) is 16.6 Å². The number of ether oxygens (including phenoxy) is 2. The third kappa shape index (κ3) is 3.23. The molecule has 4 heterocycles. The third-order valence-corrected chi connectivity index (χ3v) is 5.89. The molecule has 160 valence electrons. The Morgan fingerprint density at radius 2 is 2.23 bits per heavy atom. The fourth-order valence-corrected chi connectivity index (χ4v) is 4.33. The number of urea groups is 1. The molecule has 4 N–H and O–H groups in total. The van der Waals surface area contributed by atoms with Gasteiger partial charge in [-0.25, -0.2) is 14.3 Å². The minimum atomic E-state index is -1.56. The van der Waals surface area contributed by atoms with E-state index >= 15 is 0 Å². The van der Waals surface area contributed by atoms with E-state index < -0.39 is 36.3 Å². The number of carboxylic acid groups (broad SMARTS) is 1. The van der Waals surface area contributed by atoms with Crippen molar-refractivity contribution in [1.82, 2.24) is 35.3 Å². The summed E-state index contributed by atoms with van der Waals surface area (Å²) in [5, 5.41) is 23.3. The highest BCUT2D eigenvalue weighted by Crippen LogP contribution is 2.44. The Balaban J connectivity index is 1.52. The summed E-state index contributed by atoms with van der Waals surface area (Å²) in [6.07, 6.45) is -2.09. The van der Waals surface area contributed by atoms with E-state index in [-0.39, 0.29) is 36.0 Å². The van der Waals surface area contributed by atoms with Crippen LogP contribution in [0, 0.1) is 0 Å². The van der Waals surface area contributed by atoms with Crippen molar-refractivity contribution in [2.75, 3.05) is 19.5 Å². The van der Waals surface area contributed by atoms with Crippen molar-refractivity contribution in [1.29, 1.82) is 0 Å². The van der Waals surface area contributed by atoms with E-state index in [2.05, 4.69) is 20.8 Å². The molecule has 0 bridgehead atoms. The van der Waals surface area contributed by atoms with Crippen LogP contribution in [0.4, 0.5) is 9.59 Å². The molecular weight excluding hydrogens is 424 g/mol. The minimum Gasteiger partial charge on any atom is -0.449 e. The smallest absolute Gasteiger partial charge is 0.449 e. The number of β-lactam (4-membered cyclic amide) rings is 1. The summed E-state index contributed by atoms with van der Waals surface area (Å²) in [6, 6.07) is -1.77. The lowest BCUT2D eigenvalue weighted by molar-refractivity contribution is -0.164. The van der Waals surface area contributed by atoms with Crippen LogP contribution in [-0.2, 0) is 25.6 Å². The number of hydrogen-bond donors (Lipinski definition) is 3. The van der Waals surface area contributed by atoms with Crippen LogP contribution in [-0.4, -0.2) is 96.8 Å². The second-order valence-corrected chi connectivity index (χ2v) is 7.45. The fourth-order valence-electron chi connectivity index (χ4n) is 3.41. The van der Waals surface area contributed by atoms with E-state index in [1.54, 1.807) is 0 Å². The van der Waals surface area contributed by atoms with Gasteiger partial charge in [-0.3, -0.25) is 24.7 Å². The van der Waals surface area contributed by atoms with Crippen molar-refractivity contribution in [3.8, 4) is 0 Å². The molecule has 0 aromatic carbocycles. The third-order valence-electron chi connectivity index (χ3n) is 4.89. The predicted octanol–water partition coefficient (Wildman–Crippen LogP) is -2.25. The van der Waals surface area contributed by atoms with Crippen LogP contribution < -0.4 is 11.1 Å². The molecule has 3 atom stereocenters. The molecule has 2 saturated heterocycles. The molecule has 1 aromatic rings. The summed E-state index contributed by atoms with van der Waals surface area (Å²) in [5.74, 6) is -0.862. The summed E-state index contributed by atoms with van der Waals surface area (Å²) in [7, 11) is 1.23. The number of tetrazole rings is 1. The van der Waals surface area contributed by atoms with E-state index in [1.807, 2.05) is 0 Å². The topological polar surface area (TPSA) is 195 Å². The van der Waals surface area contributed by atoms with Gasteiger partial charge in [-0.2, -0.15) is 0 Å². The molecular formula is C14H16N8O7S. The van der Waals surface area contributed by atoms with E-state index in [1.165, 1.54) is 16.6 Å². The van der Waals surface area contributed by atoms with E-state index in [0.29, 0.717) is 5.57 Å². The van der Waals surface area contributed by atoms with Gasteiger partial charge in [0.05, 0.1) is 12.8 Å². The fraction of sp³-hybridized carbons (Fsp3) is 0.500. The van der Waals surface area contributed by atoms with Gasteiger partial charge in [0.2, 0.25) is 16.9 Å². The first kappa shape index (κ1) is 20.0. The molecule has 15 nitrogen and oxygen atoms in total. The van der Waals surface area contributed by atoms with E-state index in [4.69, 9.17) is 20.3 Å². The summed E-state index contributed by atoms with van der Waals surface area (Å²) in [4.78, 5) is 48.6. The van der Waals surface area contributed by atoms with Gasteiger partial charge in [-0.05, 0) is 10.4 Å². The van der Waals surface area contributed by atoms with Gasteiger partial charge in [0.1, 0.15) is 18.7 Å². The van der Waals surface area contributed by atoms with Crippen LogP contribution in [0.5, 0.6) is 0 Å². The molecule has 4 amide bonds. The van der Waals surface area contributed by atoms with Gasteiger partial charge in [0.25, 0.3) is 5.91 Å². The Bertz CT molecular complexity index is 964. The Labute approximate surface area is 172 Å². The normalized spacial score (nSPS) is 24.4. The van der Waals surface area contributed by atoms with E-state index in [9.17, 15) is 19.2 Å². The van der Waals surface area contributed by atoms with Gasteiger partial charge in [0.15, 0.2) is 0 Å². The van der Waals surface area contributed by atoms with Crippen molar-refractivity contribution in [2.24, 2.45) is 5.73 Å². The lowest BCUT2D eigenvalue weighted by Crippen LogP contribution is -2.73. The van der Waals surface area contributed by atoms with Gasteiger partial charge in [-0.1, -0.05) is 11.8 Å². The number of hydrogen-bond acceptors (Lipinski definition) is 11. The standard InChI is InChI=1S/C14H16N8O7S/c1-20(12(15)25)6(23)2-21-13(17-18-19-21)30-3-5-9-8-7(16-4-28-9)10(24)22(8)11(5)29-14(26)27/h7-9,16H,2-4H2,1H3,(H2,15,25)(H,26,27)/t7-,8-,9?/m0/s1. The number of imide groups is 1. The molecule has 16 heteroatoms. The molecule has 3 aliphatic heterocycles. The number of thioether (sulfide) groups is 1. The summed E-state index contributed by atoms with van der Waals surface area (Å²) >= 11 is 1.09. The first-order chi connectivity index (χ1) is 14.3. The lowest BCUT2D eigenvalue weighted by atomic mass is 9.91. The van der Waals surface area contributed by atoms with Crippen LogP contribution in [0.3, 0.4) is 0 Å². The first-order valence-corrected chi connectivity index (χ1v) is 9.55. The van der Waals surface area contributed by atoms with E-state index in [0.717, 1.165) is 16.7 Å². The zero-order chi connectivity index (χ0) is 21.6. The maximum absolute atomic E-state index is 12.3. The number of nitrogens with zero attached hydrogens (tertiary/aromatic N) is 6. The Hall–Kier alpha value is -3.24. The van der Waals surface area contributed by atoms with Gasteiger partial charge in [0, 0.05) is 18.4 Å². The van der Waals surface area contributed by atoms with Gasteiger partial charge >= 0.3 is 12.2 Å². The minimum absolute atomic E-state index is 0.0847. The average molecular weight is 440 g/mol. The summed E-state index contributed by atoms with van der Waals surface area (Å²) in [6.45, 7) is -0.197. The van der Waals surface area contributed by atoms with Crippen LogP contribution in [0.1, 0.15) is 0 Å². The van der Waals surface area contributed by atoms with Crippen LogP contribution >= 0.6 is 11.8 Å². The Kier molecular flexibility index (Phi) is 5.04. The monoisotopic (exact) mass is 440 g/mol. The van der Waals surface area contributed by atoms with Crippen LogP contribution in [0.2, 0.25) is 0 Å². The van der Waals surface area contributed by atoms with Crippen molar-refractivity contribution in [2.45, 2.75) is 29.9 Å². The molecule has 0 radical (unpaired) electrons.